The predicted octanol–water partition coefficient (Wildman–Crippen LogP) is 3.46. The van der Waals surface area contributed by atoms with Gasteiger partial charge in [0.2, 0.25) is 0 Å². The van der Waals surface area contributed by atoms with Crippen LogP contribution in [0.2, 0.25) is 0 Å². The Labute approximate surface area is 147 Å². The number of para-hydroxylation sites is 1. The van der Waals surface area contributed by atoms with Crippen LogP contribution in [0.4, 0.5) is 17.2 Å². The van der Waals surface area contributed by atoms with Crippen molar-refractivity contribution < 1.29 is 0 Å². The number of nitrogens with one attached hydrogen (secondary N) is 2. The fourth-order valence-corrected chi connectivity index (χ4v) is 3.43. The third-order valence-electron chi connectivity index (χ3n) is 4.94. The zero-order valence-corrected chi connectivity index (χ0v) is 14.4. The minimum atomic E-state index is 0.346. The second kappa shape index (κ2) is 6.72. The number of aromatic nitrogens is 3. The van der Waals surface area contributed by atoms with Crippen molar-refractivity contribution in [2.24, 2.45) is 5.73 Å². The van der Waals surface area contributed by atoms with Gasteiger partial charge >= 0.3 is 0 Å². The van der Waals surface area contributed by atoms with Crippen molar-refractivity contribution in [3.8, 4) is 0 Å². The molecule has 0 saturated heterocycles. The number of hydrogen-bond acceptors (Lipinski definition) is 5. The molecule has 3 aromatic rings. The van der Waals surface area contributed by atoms with Crippen molar-refractivity contribution in [1.29, 1.82) is 0 Å². The van der Waals surface area contributed by atoms with E-state index in [1.54, 1.807) is 6.20 Å². The molecule has 6 heteroatoms. The smallest absolute Gasteiger partial charge is 0.177 e. The summed E-state index contributed by atoms with van der Waals surface area (Å²) in [6, 6.07) is 10.9. The number of hydrogen-bond donors (Lipinski definition) is 3. The Bertz CT molecular complexity index is 849. The Kier molecular flexibility index (Phi) is 4.28. The molecular formula is C19H24N6. The largest absolute Gasteiger partial charge is 0.366 e. The van der Waals surface area contributed by atoms with Crippen LogP contribution in [0.1, 0.15) is 31.2 Å². The second-order valence-corrected chi connectivity index (χ2v) is 6.79. The molecule has 0 radical (unpaired) electrons. The van der Waals surface area contributed by atoms with Gasteiger partial charge in [-0.2, -0.15) is 0 Å². The molecule has 4 rings (SSSR count). The lowest BCUT2D eigenvalue weighted by atomic mass is 9.92. The molecule has 1 aromatic carbocycles. The first-order valence-electron chi connectivity index (χ1n) is 8.89. The molecule has 1 saturated carbocycles. The highest BCUT2D eigenvalue weighted by molar-refractivity contribution is 5.80. The lowest BCUT2D eigenvalue weighted by molar-refractivity contribution is 0.410. The SMILES string of the molecule is Cc1c(N[C@H]2CC[C@H](N)CC2)nn2ccnc2c1Nc1ccccc1. The summed E-state index contributed by atoms with van der Waals surface area (Å²) in [5, 5.41) is 11.8. The third kappa shape index (κ3) is 3.30. The molecule has 4 N–H and O–H groups in total. The molecule has 0 bridgehead atoms. The van der Waals surface area contributed by atoms with Gasteiger partial charge in [-0.1, -0.05) is 18.2 Å². The van der Waals surface area contributed by atoms with Gasteiger partial charge in [0, 0.05) is 35.7 Å². The van der Waals surface area contributed by atoms with E-state index in [0.29, 0.717) is 12.1 Å². The van der Waals surface area contributed by atoms with E-state index in [1.807, 2.05) is 28.9 Å². The number of nitrogens with two attached hydrogens (primary N) is 1. The number of anilines is 3. The van der Waals surface area contributed by atoms with Gasteiger partial charge in [0.15, 0.2) is 11.5 Å². The first-order valence-corrected chi connectivity index (χ1v) is 8.89. The van der Waals surface area contributed by atoms with E-state index >= 15 is 0 Å². The molecule has 130 valence electrons. The molecule has 1 fully saturated rings. The molecule has 6 nitrogen and oxygen atoms in total. The normalized spacial score (nSPS) is 20.6. The molecular weight excluding hydrogens is 312 g/mol. The summed E-state index contributed by atoms with van der Waals surface area (Å²) in [6.07, 6.45) is 7.98. The van der Waals surface area contributed by atoms with E-state index in [2.05, 4.69) is 34.7 Å². The Morgan fingerprint density at radius 1 is 1.12 bits per heavy atom. The summed E-state index contributed by atoms with van der Waals surface area (Å²) in [5.41, 5.74) is 9.96. The summed E-state index contributed by atoms with van der Waals surface area (Å²) in [5.74, 6) is 0.907. The monoisotopic (exact) mass is 336 g/mol. The zero-order chi connectivity index (χ0) is 17.2. The van der Waals surface area contributed by atoms with Gasteiger partial charge in [0.05, 0.1) is 5.69 Å². The minimum Gasteiger partial charge on any atom is -0.366 e. The van der Waals surface area contributed by atoms with Crippen molar-refractivity contribution in [3.63, 3.8) is 0 Å². The fraction of sp³-hybridized carbons (Fsp3) is 0.368. The quantitative estimate of drug-likeness (QED) is 0.680. The van der Waals surface area contributed by atoms with Gasteiger partial charge < -0.3 is 16.4 Å². The first-order chi connectivity index (χ1) is 12.2. The van der Waals surface area contributed by atoms with E-state index < -0.39 is 0 Å². The summed E-state index contributed by atoms with van der Waals surface area (Å²) >= 11 is 0. The van der Waals surface area contributed by atoms with Gasteiger partial charge in [-0.3, -0.25) is 0 Å². The Balaban J connectivity index is 1.67. The van der Waals surface area contributed by atoms with Gasteiger partial charge in [-0.25, -0.2) is 9.50 Å². The van der Waals surface area contributed by atoms with Crippen molar-refractivity contribution >= 4 is 22.8 Å². The highest BCUT2D eigenvalue weighted by Gasteiger charge is 2.21. The van der Waals surface area contributed by atoms with Gasteiger partial charge in [-0.15, -0.1) is 5.10 Å². The number of benzene rings is 1. The average molecular weight is 336 g/mol. The van der Waals surface area contributed by atoms with Crippen LogP contribution in [0.3, 0.4) is 0 Å². The van der Waals surface area contributed by atoms with Gasteiger partial charge in [-0.05, 0) is 44.7 Å². The van der Waals surface area contributed by atoms with Crippen LogP contribution in [-0.4, -0.2) is 26.7 Å². The third-order valence-corrected chi connectivity index (χ3v) is 4.94. The van der Waals surface area contributed by atoms with Crippen molar-refractivity contribution in [2.45, 2.75) is 44.7 Å². The summed E-state index contributed by atoms with van der Waals surface area (Å²) in [6.45, 7) is 2.09. The molecule has 0 spiro atoms. The molecule has 0 unspecified atom stereocenters. The predicted molar refractivity (Wildman–Crippen MR) is 101 cm³/mol. The Hall–Kier alpha value is -2.60. The number of rotatable bonds is 4. The molecule has 2 heterocycles. The molecule has 0 amide bonds. The maximum absolute atomic E-state index is 6.03. The lowest BCUT2D eigenvalue weighted by Gasteiger charge is -2.28. The topological polar surface area (TPSA) is 80.3 Å². The van der Waals surface area contributed by atoms with E-state index in [4.69, 9.17) is 10.8 Å². The highest BCUT2D eigenvalue weighted by atomic mass is 15.3. The summed E-state index contributed by atoms with van der Waals surface area (Å²) in [4.78, 5) is 4.47. The molecule has 0 atom stereocenters. The van der Waals surface area contributed by atoms with Crippen LogP contribution >= 0.6 is 0 Å². The fourth-order valence-electron chi connectivity index (χ4n) is 3.43. The second-order valence-electron chi connectivity index (χ2n) is 6.79. The Morgan fingerprint density at radius 2 is 1.88 bits per heavy atom. The molecule has 0 aliphatic heterocycles. The van der Waals surface area contributed by atoms with Crippen LogP contribution in [0.5, 0.6) is 0 Å². The Morgan fingerprint density at radius 3 is 2.64 bits per heavy atom. The molecule has 1 aliphatic carbocycles. The zero-order valence-electron chi connectivity index (χ0n) is 14.4. The highest BCUT2D eigenvalue weighted by Crippen LogP contribution is 2.30. The minimum absolute atomic E-state index is 0.346. The van der Waals surface area contributed by atoms with Gasteiger partial charge in [0.1, 0.15) is 0 Å². The van der Waals surface area contributed by atoms with Crippen LogP contribution < -0.4 is 16.4 Å². The first kappa shape index (κ1) is 15.9. The standard InChI is InChI=1S/C19H24N6/c1-13-17(22-15-5-3-2-4-6-15)19-21-11-12-25(19)24-18(13)23-16-9-7-14(20)8-10-16/h2-6,11-12,14,16,22H,7-10,20H2,1H3,(H,23,24)/t14-,16-. The lowest BCUT2D eigenvalue weighted by Crippen LogP contribution is -2.33. The van der Waals surface area contributed by atoms with Crippen molar-refractivity contribution in [3.05, 3.63) is 48.3 Å². The molecule has 25 heavy (non-hydrogen) atoms. The average Bonchev–Trinajstić information content (AvgIpc) is 3.09. The van der Waals surface area contributed by atoms with Crippen LogP contribution in [0.25, 0.3) is 5.65 Å². The van der Waals surface area contributed by atoms with Gasteiger partial charge in [0.25, 0.3) is 0 Å². The number of fused-ring (bicyclic) bond motifs is 1. The molecule has 1 aliphatic rings. The van der Waals surface area contributed by atoms with Crippen LogP contribution in [0.15, 0.2) is 42.7 Å². The van der Waals surface area contributed by atoms with E-state index in [9.17, 15) is 0 Å². The maximum Gasteiger partial charge on any atom is 0.177 e. The van der Waals surface area contributed by atoms with E-state index in [0.717, 1.165) is 54.1 Å². The maximum atomic E-state index is 6.03. The van der Waals surface area contributed by atoms with Crippen LogP contribution in [0, 0.1) is 6.92 Å². The molecule has 2 aromatic heterocycles. The number of imidazole rings is 1. The van der Waals surface area contributed by atoms with E-state index in [-0.39, 0.29) is 0 Å². The van der Waals surface area contributed by atoms with Crippen LogP contribution in [-0.2, 0) is 0 Å². The number of nitrogens with zero attached hydrogens (tertiary/aromatic N) is 3. The van der Waals surface area contributed by atoms with Crippen molar-refractivity contribution in [1.82, 2.24) is 14.6 Å². The summed E-state index contributed by atoms with van der Waals surface area (Å²) in [7, 11) is 0. The van der Waals surface area contributed by atoms with Crippen molar-refractivity contribution in [2.75, 3.05) is 10.6 Å². The van der Waals surface area contributed by atoms with E-state index in [1.165, 1.54) is 0 Å². The summed E-state index contributed by atoms with van der Waals surface area (Å²) < 4.78 is 1.83.